The molecule has 2 N–H and O–H groups in total. The highest BCUT2D eigenvalue weighted by molar-refractivity contribution is 5.78. The molecule has 1 aliphatic heterocycles. The molecular formula is C15H22N4O3. The summed E-state index contributed by atoms with van der Waals surface area (Å²) in [5.41, 5.74) is 1.59. The average Bonchev–Trinajstić information content (AvgIpc) is 3.00. The van der Waals surface area contributed by atoms with Gasteiger partial charge in [-0.1, -0.05) is 0 Å². The number of hydrogen-bond donors (Lipinski definition) is 2. The van der Waals surface area contributed by atoms with E-state index in [1.165, 1.54) is 0 Å². The van der Waals surface area contributed by atoms with Crippen molar-refractivity contribution in [2.24, 2.45) is 0 Å². The summed E-state index contributed by atoms with van der Waals surface area (Å²) in [5, 5.41) is 11.7. The van der Waals surface area contributed by atoms with Crippen molar-refractivity contribution in [3.8, 4) is 0 Å². The second-order valence-electron chi connectivity index (χ2n) is 5.41. The number of aromatic nitrogens is 2. The highest BCUT2D eigenvalue weighted by Crippen LogP contribution is 2.31. The second-order valence-corrected chi connectivity index (χ2v) is 5.41. The molecule has 1 aromatic rings. The first-order valence-electron chi connectivity index (χ1n) is 7.50. The van der Waals surface area contributed by atoms with Crippen LogP contribution in [0.2, 0.25) is 0 Å². The standard InChI is InChI=1S/C15H22N4O3/c1-10-17-11(5-6-14(21)16-2)8-12(18-10)13-4-3-7-19(13)15(22)9-20/h8,13,20H,3-7,9H2,1-2H3,(H,16,21)/t13-/m0/s1. The summed E-state index contributed by atoms with van der Waals surface area (Å²) in [4.78, 5) is 33.6. The van der Waals surface area contributed by atoms with Crippen LogP contribution in [0.25, 0.3) is 0 Å². The normalized spacial score (nSPS) is 17.6. The molecule has 7 heteroatoms. The molecule has 2 rings (SSSR count). The molecule has 1 atom stereocenters. The van der Waals surface area contributed by atoms with E-state index in [1.807, 2.05) is 6.07 Å². The van der Waals surface area contributed by atoms with Crippen molar-refractivity contribution in [2.75, 3.05) is 20.2 Å². The van der Waals surface area contributed by atoms with E-state index in [4.69, 9.17) is 5.11 Å². The van der Waals surface area contributed by atoms with Gasteiger partial charge < -0.3 is 15.3 Å². The Labute approximate surface area is 129 Å². The van der Waals surface area contributed by atoms with E-state index >= 15 is 0 Å². The van der Waals surface area contributed by atoms with E-state index in [2.05, 4.69) is 15.3 Å². The van der Waals surface area contributed by atoms with Gasteiger partial charge in [0, 0.05) is 25.7 Å². The highest BCUT2D eigenvalue weighted by atomic mass is 16.3. The van der Waals surface area contributed by atoms with Gasteiger partial charge in [0.1, 0.15) is 12.4 Å². The lowest BCUT2D eigenvalue weighted by molar-refractivity contribution is -0.135. The molecule has 120 valence electrons. The average molecular weight is 306 g/mol. The Bertz CT molecular complexity index is 562. The van der Waals surface area contributed by atoms with Crippen molar-refractivity contribution >= 4 is 11.8 Å². The van der Waals surface area contributed by atoms with Crippen LogP contribution in [-0.4, -0.2) is 52.0 Å². The number of rotatable bonds is 5. The van der Waals surface area contributed by atoms with Gasteiger partial charge >= 0.3 is 0 Å². The number of nitrogens with zero attached hydrogens (tertiary/aromatic N) is 3. The number of aliphatic hydroxyl groups is 1. The molecule has 0 saturated carbocycles. The molecule has 1 saturated heterocycles. The second kappa shape index (κ2) is 7.31. The number of aryl methyl sites for hydroxylation is 2. The minimum atomic E-state index is -0.482. The zero-order chi connectivity index (χ0) is 16.1. The quantitative estimate of drug-likeness (QED) is 0.805. The lowest BCUT2D eigenvalue weighted by atomic mass is 10.1. The van der Waals surface area contributed by atoms with Crippen molar-refractivity contribution in [1.29, 1.82) is 0 Å². The SMILES string of the molecule is CNC(=O)CCc1cc([C@@H]2CCCN2C(=O)CO)nc(C)n1. The van der Waals surface area contributed by atoms with Crippen LogP contribution in [-0.2, 0) is 16.0 Å². The number of carbonyl (C=O) groups excluding carboxylic acids is 2. The van der Waals surface area contributed by atoms with Gasteiger partial charge in [-0.05, 0) is 32.3 Å². The van der Waals surface area contributed by atoms with Crippen molar-refractivity contribution in [3.63, 3.8) is 0 Å². The van der Waals surface area contributed by atoms with Crippen LogP contribution in [0.5, 0.6) is 0 Å². The summed E-state index contributed by atoms with van der Waals surface area (Å²) in [5.74, 6) is 0.328. The number of aliphatic hydroxyl groups excluding tert-OH is 1. The summed E-state index contributed by atoms with van der Waals surface area (Å²) < 4.78 is 0. The van der Waals surface area contributed by atoms with Crippen LogP contribution in [0, 0.1) is 6.92 Å². The summed E-state index contributed by atoms with van der Waals surface area (Å²) in [7, 11) is 1.61. The third kappa shape index (κ3) is 3.79. The van der Waals surface area contributed by atoms with Gasteiger partial charge in [-0.2, -0.15) is 0 Å². The van der Waals surface area contributed by atoms with Crippen molar-refractivity contribution in [2.45, 2.75) is 38.6 Å². The van der Waals surface area contributed by atoms with Gasteiger partial charge in [-0.15, -0.1) is 0 Å². The molecule has 1 aromatic heterocycles. The first-order valence-corrected chi connectivity index (χ1v) is 7.50. The van der Waals surface area contributed by atoms with Crippen LogP contribution in [0.4, 0.5) is 0 Å². The van der Waals surface area contributed by atoms with Crippen LogP contribution < -0.4 is 5.32 Å². The monoisotopic (exact) mass is 306 g/mol. The number of likely N-dealkylation sites (tertiary alicyclic amines) is 1. The maximum atomic E-state index is 11.8. The van der Waals surface area contributed by atoms with Gasteiger partial charge in [-0.25, -0.2) is 9.97 Å². The number of hydrogen-bond acceptors (Lipinski definition) is 5. The van der Waals surface area contributed by atoms with E-state index in [0.717, 1.165) is 24.2 Å². The molecular weight excluding hydrogens is 284 g/mol. The molecule has 0 unspecified atom stereocenters. The molecule has 2 amide bonds. The maximum Gasteiger partial charge on any atom is 0.248 e. The molecule has 7 nitrogen and oxygen atoms in total. The summed E-state index contributed by atoms with van der Waals surface area (Å²) in [6, 6.07) is 1.75. The zero-order valence-electron chi connectivity index (χ0n) is 13.0. The Morgan fingerprint density at radius 1 is 1.45 bits per heavy atom. The lowest BCUT2D eigenvalue weighted by Gasteiger charge is -2.24. The number of carbonyl (C=O) groups is 2. The van der Waals surface area contributed by atoms with E-state index in [9.17, 15) is 9.59 Å². The fourth-order valence-electron chi connectivity index (χ4n) is 2.78. The largest absolute Gasteiger partial charge is 0.387 e. The molecule has 0 spiro atoms. The van der Waals surface area contributed by atoms with Crippen molar-refractivity contribution in [1.82, 2.24) is 20.2 Å². The van der Waals surface area contributed by atoms with Crippen LogP contribution >= 0.6 is 0 Å². The Morgan fingerprint density at radius 2 is 2.23 bits per heavy atom. The topological polar surface area (TPSA) is 95.4 Å². The van der Waals surface area contributed by atoms with Crippen LogP contribution in [0.1, 0.15) is 42.5 Å². The first-order chi connectivity index (χ1) is 10.5. The Balaban J connectivity index is 2.18. The van der Waals surface area contributed by atoms with Gasteiger partial charge in [0.25, 0.3) is 0 Å². The highest BCUT2D eigenvalue weighted by Gasteiger charge is 2.30. The predicted octanol–water partition coefficient (Wildman–Crippen LogP) is 0.119. The molecule has 2 heterocycles. The summed E-state index contributed by atoms with van der Waals surface area (Å²) in [6.45, 7) is 1.96. The van der Waals surface area contributed by atoms with E-state index in [-0.39, 0.29) is 17.9 Å². The molecule has 22 heavy (non-hydrogen) atoms. The Hall–Kier alpha value is -2.02. The fourth-order valence-corrected chi connectivity index (χ4v) is 2.78. The van der Waals surface area contributed by atoms with Crippen molar-refractivity contribution < 1.29 is 14.7 Å². The molecule has 0 radical (unpaired) electrons. The third-order valence-electron chi connectivity index (χ3n) is 3.85. The molecule has 0 aromatic carbocycles. The number of nitrogens with one attached hydrogen (secondary N) is 1. The van der Waals surface area contributed by atoms with Gasteiger partial charge in [0.05, 0.1) is 11.7 Å². The van der Waals surface area contributed by atoms with E-state index in [1.54, 1.807) is 18.9 Å². The van der Waals surface area contributed by atoms with E-state index < -0.39 is 6.61 Å². The third-order valence-corrected chi connectivity index (χ3v) is 3.85. The molecule has 1 aliphatic rings. The van der Waals surface area contributed by atoms with Gasteiger partial charge in [0.2, 0.25) is 11.8 Å². The minimum absolute atomic E-state index is 0.0317. The first kappa shape index (κ1) is 16.4. The summed E-state index contributed by atoms with van der Waals surface area (Å²) >= 11 is 0. The minimum Gasteiger partial charge on any atom is -0.387 e. The van der Waals surface area contributed by atoms with E-state index in [0.29, 0.717) is 25.2 Å². The Morgan fingerprint density at radius 3 is 2.91 bits per heavy atom. The lowest BCUT2D eigenvalue weighted by Crippen LogP contribution is -2.33. The molecule has 0 bridgehead atoms. The predicted molar refractivity (Wildman–Crippen MR) is 79.9 cm³/mol. The molecule has 0 aliphatic carbocycles. The maximum absolute atomic E-state index is 11.8. The van der Waals surface area contributed by atoms with Gasteiger partial charge in [0.15, 0.2) is 0 Å². The summed E-state index contributed by atoms with van der Waals surface area (Å²) in [6.07, 6.45) is 2.64. The Kier molecular flexibility index (Phi) is 5.43. The smallest absolute Gasteiger partial charge is 0.248 e. The number of amides is 2. The van der Waals surface area contributed by atoms with Gasteiger partial charge in [-0.3, -0.25) is 9.59 Å². The van der Waals surface area contributed by atoms with Crippen LogP contribution in [0.15, 0.2) is 6.07 Å². The molecule has 1 fully saturated rings. The fraction of sp³-hybridized carbons (Fsp3) is 0.600. The zero-order valence-corrected chi connectivity index (χ0v) is 13.0. The van der Waals surface area contributed by atoms with Crippen molar-refractivity contribution in [3.05, 3.63) is 23.3 Å². The van der Waals surface area contributed by atoms with Crippen LogP contribution in [0.3, 0.4) is 0 Å².